The van der Waals surface area contributed by atoms with Crippen molar-refractivity contribution in [2.24, 2.45) is 5.73 Å². The van der Waals surface area contributed by atoms with E-state index in [9.17, 15) is 4.79 Å². The van der Waals surface area contributed by atoms with Crippen LogP contribution in [0.15, 0.2) is 23.1 Å². The summed E-state index contributed by atoms with van der Waals surface area (Å²) in [4.78, 5) is 13.3. The topological polar surface area (TPSA) is 67.2 Å². The number of nitrogens with one attached hydrogen (secondary N) is 2. The third kappa shape index (κ3) is 5.93. The van der Waals surface area contributed by atoms with Gasteiger partial charge in [-0.1, -0.05) is 25.2 Å². The molecule has 1 aromatic carbocycles. The van der Waals surface area contributed by atoms with E-state index < -0.39 is 0 Å². The molecular weight excluding hydrogens is 302 g/mol. The highest BCUT2D eigenvalue weighted by molar-refractivity contribution is 7.99. The van der Waals surface area contributed by atoms with Gasteiger partial charge in [0, 0.05) is 21.7 Å². The molecule has 1 aromatic rings. The molecule has 6 heteroatoms. The fourth-order valence-electron chi connectivity index (χ4n) is 1.85. The zero-order valence-electron chi connectivity index (χ0n) is 12.9. The molecule has 0 aliphatic heterocycles. The quantitative estimate of drug-likeness (QED) is 0.554. The second-order valence-electron chi connectivity index (χ2n) is 5.63. The second-order valence-corrected chi connectivity index (χ2v) is 7.37. The van der Waals surface area contributed by atoms with Crippen LogP contribution in [0.2, 0.25) is 0 Å². The van der Waals surface area contributed by atoms with Crippen LogP contribution in [0, 0.1) is 0 Å². The van der Waals surface area contributed by atoms with Crippen LogP contribution in [0.25, 0.3) is 0 Å². The van der Waals surface area contributed by atoms with Crippen LogP contribution in [-0.4, -0.2) is 28.7 Å². The van der Waals surface area contributed by atoms with Crippen LogP contribution in [0.4, 0.5) is 5.69 Å². The molecule has 0 atom stereocenters. The predicted octanol–water partition coefficient (Wildman–Crippen LogP) is 2.76. The lowest BCUT2D eigenvalue weighted by Gasteiger charge is -2.21. The van der Waals surface area contributed by atoms with Gasteiger partial charge in [0.25, 0.3) is 0 Å². The molecule has 0 heterocycles. The predicted molar refractivity (Wildman–Crippen MR) is 95.1 cm³/mol. The molecule has 4 N–H and O–H groups in total. The fourth-order valence-corrected chi connectivity index (χ4v) is 2.98. The number of carbonyl (C=O) groups excluding carboxylic acids is 1. The Bertz CT molecular complexity index is 524. The summed E-state index contributed by atoms with van der Waals surface area (Å²) < 4.78 is 0. The molecule has 4 nitrogen and oxygen atoms in total. The SMILES string of the molecule is CCSc1cccc(NCC(=O)NC(C)(C)C)c1C(N)=S. The average Bonchev–Trinajstić information content (AvgIpc) is 2.34. The molecule has 0 spiro atoms. The van der Waals surface area contributed by atoms with Gasteiger partial charge in [0.2, 0.25) is 5.91 Å². The van der Waals surface area contributed by atoms with Gasteiger partial charge in [0.1, 0.15) is 4.99 Å². The Kier molecular flexibility index (Phi) is 6.48. The molecule has 1 rings (SSSR count). The Morgan fingerprint density at radius 1 is 1.38 bits per heavy atom. The van der Waals surface area contributed by atoms with E-state index in [1.807, 2.05) is 39.0 Å². The van der Waals surface area contributed by atoms with E-state index in [0.29, 0.717) is 4.99 Å². The minimum atomic E-state index is -0.245. The maximum Gasteiger partial charge on any atom is 0.239 e. The molecule has 0 aliphatic rings. The third-order valence-corrected chi connectivity index (χ3v) is 3.67. The maximum absolute atomic E-state index is 11.9. The van der Waals surface area contributed by atoms with E-state index in [0.717, 1.165) is 21.9 Å². The molecule has 0 saturated carbocycles. The summed E-state index contributed by atoms with van der Waals surface area (Å²) in [6, 6.07) is 5.81. The molecule has 1 amide bonds. The first kappa shape index (κ1) is 17.8. The number of nitrogens with two attached hydrogens (primary N) is 1. The summed E-state index contributed by atoms with van der Waals surface area (Å²) in [5, 5.41) is 6.03. The molecule has 0 radical (unpaired) electrons. The van der Waals surface area contributed by atoms with Crippen molar-refractivity contribution >= 4 is 40.6 Å². The van der Waals surface area contributed by atoms with E-state index >= 15 is 0 Å². The maximum atomic E-state index is 11.9. The van der Waals surface area contributed by atoms with Crippen LogP contribution >= 0.6 is 24.0 Å². The largest absolute Gasteiger partial charge is 0.389 e. The van der Waals surface area contributed by atoms with Gasteiger partial charge in [-0.3, -0.25) is 4.79 Å². The number of carbonyl (C=O) groups is 1. The minimum Gasteiger partial charge on any atom is -0.389 e. The lowest BCUT2D eigenvalue weighted by molar-refractivity contribution is -0.120. The van der Waals surface area contributed by atoms with Gasteiger partial charge in [-0.05, 0) is 38.7 Å². The second kappa shape index (κ2) is 7.66. The van der Waals surface area contributed by atoms with E-state index in [4.69, 9.17) is 18.0 Å². The van der Waals surface area contributed by atoms with E-state index in [2.05, 4.69) is 17.6 Å². The lowest BCUT2D eigenvalue weighted by atomic mass is 10.1. The molecule has 0 saturated heterocycles. The number of hydrogen-bond donors (Lipinski definition) is 3. The van der Waals surface area contributed by atoms with Crippen molar-refractivity contribution in [3.8, 4) is 0 Å². The minimum absolute atomic E-state index is 0.0649. The lowest BCUT2D eigenvalue weighted by Crippen LogP contribution is -2.43. The summed E-state index contributed by atoms with van der Waals surface area (Å²) in [6.07, 6.45) is 0. The zero-order chi connectivity index (χ0) is 16.0. The number of benzene rings is 1. The van der Waals surface area contributed by atoms with E-state index in [1.165, 1.54) is 0 Å². The number of thioether (sulfide) groups is 1. The number of amides is 1. The normalized spacial score (nSPS) is 11.0. The molecule has 0 aromatic heterocycles. The highest BCUT2D eigenvalue weighted by atomic mass is 32.2. The summed E-state index contributed by atoms with van der Waals surface area (Å²) in [5.74, 6) is 0.869. The average molecular weight is 326 g/mol. The number of anilines is 1. The molecule has 0 fully saturated rings. The van der Waals surface area contributed by atoms with Crippen molar-refractivity contribution in [3.05, 3.63) is 23.8 Å². The van der Waals surface area contributed by atoms with Crippen molar-refractivity contribution in [1.82, 2.24) is 5.32 Å². The van der Waals surface area contributed by atoms with E-state index in [1.54, 1.807) is 11.8 Å². The Morgan fingerprint density at radius 3 is 2.57 bits per heavy atom. The summed E-state index contributed by atoms with van der Waals surface area (Å²) in [7, 11) is 0. The van der Waals surface area contributed by atoms with Gasteiger partial charge >= 0.3 is 0 Å². The monoisotopic (exact) mass is 325 g/mol. The summed E-state index contributed by atoms with van der Waals surface area (Å²) >= 11 is 6.82. The molecular formula is C15H23N3OS2. The fraction of sp³-hybridized carbons (Fsp3) is 0.467. The molecule has 21 heavy (non-hydrogen) atoms. The Hall–Kier alpha value is -1.27. The molecule has 0 unspecified atom stereocenters. The summed E-state index contributed by atoms with van der Waals surface area (Å²) in [5.41, 5.74) is 7.19. The van der Waals surface area contributed by atoms with Gasteiger partial charge in [0.15, 0.2) is 0 Å². The first-order valence-corrected chi connectivity index (χ1v) is 8.24. The first-order chi connectivity index (χ1) is 9.74. The Morgan fingerprint density at radius 2 is 2.05 bits per heavy atom. The number of thiocarbonyl (C=S) groups is 1. The van der Waals surface area contributed by atoms with Gasteiger partial charge in [-0.15, -0.1) is 11.8 Å². The first-order valence-electron chi connectivity index (χ1n) is 6.85. The molecule has 0 bridgehead atoms. The van der Waals surface area contributed by atoms with Crippen LogP contribution in [0.3, 0.4) is 0 Å². The van der Waals surface area contributed by atoms with Gasteiger partial charge in [0.05, 0.1) is 6.54 Å². The number of rotatable bonds is 6. The van der Waals surface area contributed by atoms with Crippen molar-refractivity contribution in [2.45, 2.75) is 38.1 Å². The molecule has 0 aliphatic carbocycles. The third-order valence-electron chi connectivity index (χ3n) is 2.53. The Labute approximate surface area is 136 Å². The molecule has 116 valence electrons. The van der Waals surface area contributed by atoms with Crippen molar-refractivity contribution in [1.29, 1.82) is 0 Å². The van der Waals surface area contributed by atoms with Crippen molar-refractivity contribution in [3.63, 3.8) is 0 Å². The smallest absolute Gasteiger partial charge is 0.239 e. The van der Waals surface area contributed by atoms with Crippen molar-refractivity contribution in [2.75, 3.05) is 17.6 Å². The number of hydrogen-bond acceptors (Lipinski definition) is 4. The zero-order valence-corrected chi connectivity index (χ0v) is 14.6. The van der Waals surface area contributed by atoms with Crippen molar-refractivity contribution < 1.29 is 4.79 Å². The standard InChI is InChI=1S/C15H23N3OS2/c1-5-21-11-8-6-7-10(13(11)14(16)20)17-9-12(19)18-15(2,3)4/h6-8,17H,5,9H2,1-4H3,(H2,16,20)(H,18,19). The van der Waals surface area contributed by atoms with E-state index in [-0.39, 0.29) is 18.0 Å². The van der Waals surface area contributed by atoms with Crippen LogP contribution < -0.4 is 16.4 Å². The van der Waals surface area contributed by atoms with Crippen LogP contribution in [-0.2, 0) is 4.79 Å². The Balaban J connectivity index is 2.86. The highest BCUT2D eigenvalue weighted by Gasteiger charge is 2.15. The van der Waals surface area contributed by atoms with Crippen LogP contribution in [0.1, 0.15) is 33.3 Å². The van der Waals surface area contributed by atoms with Gasteiger partial charge in [-0.25, -0.2) is 0 Å². The van der Waals surface area contributed by atoms with Crippen LogP contribution in [0.5, 0.6) is 0 Å². The highest BCUT2D eigenvalue weighted by Crippen LogP contribution is 2.28. The van der Waals surface area contributed by atoms with Gasteiger partial charge < -0.3 is 16.4 Å². The van der Waals surface area contributed by atoms with Gasteiger partial charge in [-0.2, -0.15) is 0 Å². The summed E-state index contributed by atoms with van der Waals surface area (Å²) in [6.45, 7) is 8.11.